The highest BCUT2D eigenvalue weighted by atomic mass is 16.6. The van der Waals surface area contributed by atoms with E-state index in [0.717, 1.165) is 38.2 Å². The van der Waals surface area contributed by atoms with Gasteiger partial charge in [0.1, 0.15) is 5.60 Å². The molecule has 5 heteroatoms. The van der Waals surface area contributed by atoms with Gasteiger partial charge in [-0.25, -0.2) is 4.79 Å². The summed E-state index contributed by atoms with van der Waals surface area (Å²) in [6, 6.07) is 7.87. The number of hydrogen-bond acceptors (Lipinski definition) is 4. The first-order valence-corrected chi connectivity index (χ1v) is 8.28. The van der Waals surface area contributed by atoms with Crippen LogP contribution in [0.25, 0.3) is 0 Å². The van der Waals surface area contributed by atoms with E-state index in [9.17, 15) is 9.90 Å². The highest BCUT2D eigenvalue weighted by molar-refractivity contribution is 5.84. The van der Waals surface area contributed by atoms with E-state index in [-0.39, 0.29) is 0 Å². The van der Waals surface area contributed by atoms with Gasteiger partial charge in [-0.15, -0.1) is 0 Å². The van der Waals surface area contributed by atoms with Crippen molar-refractivity contribution in [2.75, 3.05) is 25.0 Å². The SMILES string of the molecule is CC(C)(C)OC(=O)Nc1cccc(CN2CCC(CO)CC2)c1. The molecule has 1 aromatic carbocycles. The molecule has 1 aliphatic heterocycles. The predicted molar refractivity (Wildman–Crippen MR) is 91.4 cm³/mol. The molecular formula is C18H28N2O3. The van der Waals surface area contributed by atoms with Gasteiger partial charge >= 0.3 is 6.09 Å². The molecule has 23 heavy (non-hydrogen) atoms. The van der Waals surface area contributed by atoms with Crippen molar-refractivity contribution in [1.82, 2.24) is 4.90 Å². The number of carbonyl (C=O) groups is 1. The van der Waals surface area contributed by atoms with Crippen molar-refractivity contribution in [3.8, 4) is 0 Å². The summed E-state index contributed by atoms with van der Waals surface area (Å²) < 4.78 is 5.27. The monoisotopic (exact) mass is 320 g/mol. The van der Waals surface area contributed by atoms with Gasteiger partial charge in [0.25, 0.3) is 0 Å². The lowest BCUT2D eigenvalue weighted by molar-refractivity contribution is 0.0636. The van der Waals surface area contributed by atoms with Crippen LogP contribution in [0.5, 0.6) is 0 Å². The molecule has 1 saturated heterocycles. The fourth-order valence-electron chi connectivity index (χ4n) is 2.75. The summed E-state index contributed by atoms with van der Waals surface area (Å²) in [5, 5.41) is 12.0. The lowest BCUT2D eigenvalue weighted by Crippen LogP contribution is -2.34. The van der Waals surface area contributed by atoms with Crippen molar-refractivity contribution < 1.29 is 14.6 Å². The molecule has 1 fully saturated rings. The number of likely N-dealkylation sites (tertiary alicyclic amines) is 1. The summed E-state index contributed by atoms with van der Waals surface area (Å²) in [7, 11) is 0. The highest BCUT2D eigenvalue weighted by Gasteiger charge is 2.19. The van der Waals surface area contributed by atoms with Gasteiger partial charge in [0.2, 0.25) is 0 Å². The normalized spacial score (nSPS) is 17.0. The maximum Gasteiger partial charge on any atom is 0.412 e. The summed E-state index contributed by atoms with van der Waals surface area (Å²) >= 11 is 0. The van der Waals surface area contributed by atoms with Crippen molar-refractivity contribution in [3.63, 3.8) is 0 Å². The van der Waals surface area contributed by atoms with Gasteiger partial charge in [0, 0.05) is 18.8 Å². The van der Waals surface area contributed by atoms with Gasteiger partial charge in [-0.05, 0) is 70.3 Å². The topological polar surface area (TPSA) is 61.8 Å². The van der Waals surface area contributed by atoms with E-state index in [0.29, 0.717) is 12.5 Å². The first-order chi connectivity index (χ1) is 10.9. The number of anilines is 1. The van der Waals surface area contributed by atoms with E-state index < -0.39 is 11.7 Å². The second-order valence-electron chi connectivity index (χ2n) is 7.23. The van der Waals surface area contributed by atoms with Gasteiger partial charge in [0.15, 0.2) is 0 Å². The minimum atomic E-state index is -0.501. The number of carbonyl (C=O) groups excluding carboxylic acids is 1. The third kappa shape index (κ3) is 6.20. The number of piperidine rings is 1. The summed E-state index contributed by atoms with van der Waals surface area (Å²) in [4.78, 5) is 14.2. The van der Waals surface area contributed by atoms with Gasteiger partial charge in [0.05, 0.1) is 0 Å². The smallest absolute Gasteiger partial charge is 0.412 e. The average Bonchev–Trinajstić information content (AvgIpc) is 2.46. The Morgan fingerprint density at radius 3 is 2.65 bits per heavy atom. The lowest BCUT2D eigenvalue weighted by atomic mass is 9.97. The number of rotatable bonds is 4. The molecule has 2 N–H and O–H groups in total. The Hall–Kier alpha value is -1.59. The van der Waals surface area contributed by atoms with Crippen LogP contribution in [-0.2, 0) is 11.3 Å². The number of ether oxygens (including phenoxy) is 1. The van der Waals surface area contributed by atoms with Crippen LogP contribution in [0.4, 0.5) is 10.5 Å². The molecule has 0 spiro atoms. The first-order valence-electron chi connectivity index (χ1n) is 8.28. The Morgan fingerprint density at radius 1 is 1.35 bits per heavy atom. The summed E-state index contributed by atoms with van der Waals surface area (Å²) in [6.07, 6.45) is 1.66. The van der Waals surface area contributed by atoms with Crippen LogP contribution in [-0.4, -0.2) is 41.4 Å². The molecule has 0 aromatic heterocycles. The molecule has 0 radical (unpaired) electrons. The fraction of sp³-hybridized carbons (Fsp3) is 0.611. The number of aliphatic hydroxyl groups excluding tert-OH is 1. The molecule has 1 aromatic rings. The Morgan fingerprint density at radius 2 is 2.04 bits per heavy atom. The van der Waals surface area contributed by atoms with Gasteiger partial charge < -0.3 is 9.84 Å². The summed E-state index contributed by atoms with van der Waals surface area (Å²) in [5.41, 5.74) is 1.42. The van der Waals surface area contributed by atoms with E-state index in [1.165, 1.54) is 5.56 Å². The third-order valence-electron chi connectivity index (χ3n) is 3.94. The Kier molecular flexibility index (Phi) is 6.02. The van der Waals surface area contributed by atoms with Crippen LogP contribution in [0.15, 0.2) is 24.3 Å². The fourth-order valence-corrected chi connectivity index (χ4v) is 2.75. The number of aliphatic hydroxyl groups is 1. The summed E-state index contributed by atoms with van der Waals surface area (Å²) in [5.74, 6) is 0.450. The van der Waals surface area contributed by atoms with E-state index >= 15 is 0 Å². The Labute approximate surface area is 138 Å². The van der Waals surface area contributed by atoms with E-state index in [4.69, 9.17) is 4.74 Å². The molecule has 1 aliphatic rings. The number of amides is 1. The summed E-state index contributed by atoms with van der Waals surface area (Å²) in [6.45, 7) is 8.71. The van der Waals surface area contributed by atoms with Crippen LogP contribution in [0.1, 0.15) is 39.2 Å². The molecular weight excluding hydrogens is 292 g/mol. The maximum absolute atomic E-state index is 11.8. The van der Waals surface area contributed by atoms with Crippen molar-refractivity contribution in [3.05, 3.63) is 29.8 Å². The molecule has 128 valence electrons. The molecule has 0 aliphatic carbocycles. The minimum Gasteiger partial charge on any atom is -0.444 e. The minimum absolute atomic E-state index is 0.295. The molecule has 2 rings (SSSR count). The first kappa shape index (κ1) is 17.8. The van der Waals surface area contributed by atoms with E-state index in [1.807, 2.05) is 39.0 Å². The van der Waals surface area contributed by atoms with Crippen LogP contribution in [0.2, 0.25) is 0 Å². The molecule has 0 unspecified atom stereocenters. The maximum atomic E-state index is 11.8. The zero-order valence-electron chi connectivity index (χ0n) is 14.3. The second-order valence-corrected chi connectivity index (χ2v) is 7.23. The van der Waals surface area contributed by atoms with Crippen molar-refractivity contribution in [2.45, 2.75) is 45.8 Å². The Balaban J connectivity index is 1.88. The van der Waals surface area contributed by atoms with Crippen LogP contribution < -0.4 is 5.32 Å². The number of hydrogen-bond donors (Lipinski definition) is 2. The van der Waals surface area contributed by atoms with Crippen molar-refractivity contribution >= 4 is 11.8 Å². The largest absolute Gasteiger partial charge is 0.444 e. The molecule has 1 heterocycles. The predicted octanol–water partition coefficient (Wildman–Crippen LogP) is 3.24. The highest BCUT2D eigenvalue weighted by Crippen LogP contribution is 2.20. The van der Waals surface area contributed by atoms with Crippen LogP contribution >= 0.6 is 0 Å². The average molecular weight is 320 g/mol. The standard InChI is InChI=1S/C18H28N2O3/c1-18(2,3)23-17(22)19-16-6-4-5-15(11-16)12-20-9-7-14(13-21)8-10-20/h4-6,11,14,21H,7-10,12-13H2,1-3H3,(H,19,22). The zero-order valence-corrected chi connectivity index (χ0v) is 14.3. The lowest BCUT2D eigenvalue weighted by Gasteiger charge is -2.31. The van der Waals surface area contributed by atoms with Crippen molar-refractivity contribution in [2.24, 2.45) is 5.92 Å². The number of benzene rings is 1. The molecule has 0 bridgehead atoms. The van der Waals surface area contributed by atoms with E-state index in [1.54, 1.807) is 0 Å². The zero-order chi connectivity index (χ0) is 16.9. The van der Waals surface area contributed by atoms with Crippen molar-refractivity contribution in [1.29, 1.82) is 0 Å². The quantitative estimate of drug-likeness (QED) is 0.894. The third-order valence-corrected chi connectivity index (χ3v) is 3.94. The van der Waals surface area contributed by atoms with Crippen LogP contribution in [0, 0.1) is 5.92 Å². The second kappa shape index (κ2) is 7.79. The Bertz CT molecular complexity index is 517. The van der Waals surface area contributed by atoms with Gasteiger partial charge in [-0.1, -0.05) is 12.1 Å². The van der Waals surface area contributed by atoms with Gasteiger partial charge in [-0.3, -0.25) is 10.2 Å². The molecule has 1 amide bonds. The number of nitrogens with one attached hydrogen (secondary N) is 1. The molecule has 0 saturated carbocycles. The molecule has 5 nitrogen and oxygen atoms in total. The van der Waals surface area contributed by atoms with E-state index in [2.05, 4.69) is 16.3 Å². The van der Waals surface area contributed by atoms with Gasteiger partial charge in [-0.2, -0.15) is 0 Å². The number of nitrogens with zero attached hydrogens (tertiary/aromatic N) is 1. The molecule has 0 atom stereocenters. The van der Waals surface area contributed by atoms with Crippen LogP contribution in [0.3, 0.4) is 0 Å².